The molecule has 0 unspecified atom stereocenters. The Labute approximate surface area is 150 Å². The number of hydrogen-bond donors (Lipinski definition) is 1. The lowest BCUT2D eigenvalue weighted by Gasteiger charge is -2.24. The van der Waals surface area contributed by atoms with Gasteiger partial charge in [-0.3, -0.25) is 4.79 Å². The average Bonchev–Trinajstić information content (AvgIpc) is 3.37. The van der Waals surface area contributed by atoms with Crippen molar-refractivity contribution in [2.45, 2.75) is 44.6 Å². The van der Waals surface area contributed by atoms with Crippen molar-refractivity contribution in [1.82, 2.24) is 14.9 Å². The zero-order valence-electron chi connectivity index (χ0n) is 14.1. The number of aryl methyl sites for hydroxylation is 1. The van der Waals surface area contributed by atoms with E-state index in [0.29, 0.717) is 0 Å². The van der Waals surface area contributed by atoms with Crippen molar-refractivity contribution in [3.8, 4) is 0 Å². The number of aromatic amines is 1. The molecule has 1 amide bonds. The Morgan fingerprint density at radius 3 is 3.00 bits per heavy atom. The van der Waals surface area contributed by atoms with Crippen LogP contribution >= 0.6 is 11.3 Å². The molecule has 1 aromatic carbocycles. The van der Waals surface area contributed by atoms with Gasteiger partial charge in [0.15, 0.2) is 0 Å². The van der Waals surface area contributed by atoms with Gasteiger partial charge in [0.05, 0.1) is 22.0 Å². The van der Waals surface area contributed by atoms with E-state index in [4.69, 9.17) is 4.98 Å². The second kappa shape index (κ2) is 5.99. The molecule has 25 heavy (non-hydrogen) atoms. The monoisotopic (exact) mass is 351 g/mol. The lowest BCUT2D eigenvalue weighted by molar-refractivity contribution is 0.0734. The predicted molar refractivity (Wildman–Crippen MR) is 100 cm³/mol. The molecule has 1 aliphatic heterocycles. The minimum absolute atomic E-state index is 0.0706. The van der Waals surface area contributed by atoms with Crippen molar-refractivity contribution in [3.05, 3.63) is 51.5 Å². The largest absolute Gasteiger partial charge is 0.340 e. The summed E-state index contributed by atoms with van der Waals surface area (Å²) in [5.74, 6) is 1.13. The van der Waals surface area contributed by atoms with E-state index in [1.165, 1.54) is 24.0 Å². The summed E-state index contributed by atoms with van der Waals surface area (Å²) in [6.45, 7) is 0.827. The fraction of sp³-hybridized carbons (Fsp3) is 0.400. The van der Waals surface area contributed by atoms with Crippen LogP contribution in [-0.4, -0.2) is 27.3 Å². The maximum absolute atomic E-state index is 13.3. The van der Waals surface area contributed by atoms with Gasteiger partial charge < -0.3 is 9.88 Å². The number of benzene rings is 1. The summed E-state index contributed by atoms with van der Waals surface area (Å²) in [5.41, 5.74) is 4.74. The number of thiophene rings is 1. The highest BCUT2D eigenvalue weighted by molar-refractivity contribution is 7.12. The number of carbonyl (C=O) groups is 1. The number of likely N-dealkylation sites (tertiary alicyclic amines) is 1. The molecule has 0 spiro atoms. The number of imidazole rings is 1. The molecule has 0 saturated carbocycles. The van der Waals surface area contributed by atoms with E-state index in [-0.39, 0.29) is 11.9 Å². The van der Waals surface area contributed by atoms with E-state index in [9.17, 15) is 4.79 Å². The quantitative estimate of drug-likeness (QED) is 0.740. The SMILES string of the molecule is O=C(c1scc2c1CCCC2)N1CCC[C@@H]1c1nc2ccccc2[nH]1. The van der Waals surface area contributed by atoms with Crippen LogP contribution in [-0.2, 0) is 12.8 Å². The third kappa shape index (κ3) is 2.49. The number of nitrogens with one attached hydrogen (secondary N) is 1. The Balaban J connectivity index is 1.48. The zero-order chi connectivity index (χ0) is 16.8. The number of nitrogens with zero attached hydrogens (tertiary/aromatic N) is 2. The number of amides is 1. The van der Waals surface area contributed by atoms with Gasteiger partial charge in [0, 0.05) is 6.54 Å². The van der Waals surface area contributed by atoms with Gasteiger partial charge in [-0.1, -0.05) is 12.1 Å². The number of hydrogen-bond acceptors (Lipinski definition) is 3. The third-order valence-corrected chi connectivity index (χ3v) is 6.59. The third-order valence-electron chi connectivity index (χ3n) is 5.53. The lowest BCUT2D eigenvalue weighted by atomic mass is 9.93. The highest BCUT2D eigenvalue weighted by Crippen LogP contribution is 2.36. The molecule has 2 aliphatic rings. The van der Waals surface area contributed by atoms with Gasteiger partial charge in [-0.2, -0.15) is 0 Å². The molecule has 5 heteroatoms. The van der Waals surface area contributed by atoms with Crippen LogP contribution in [0.25, 0.3) is 11.0 Å². The van der Waals surface area contributed by atoms with Gasteiger partial charge >= 0.3 is 0 Å². The fourth-order valence-corrected chi connectivity index (χ4v) is 5.37. The first-order chi connectivity index (χ1) is 12.3. The van der Waals surface area contributed by atoms with Crippen LogP contribution in [0.15, 0.2) is 29.6 Å². The number of para-hydroxylation sites is 2. The van der Waals surface area contributed by atoms with E-state index in [2.05, 4.69) is 10.4 Å². The number of fused-ring (bicyclic) bond motifs is 2. The number of aromatic nitrogens is 2. The average molecular weight is 351 g/mol. The van der Waals surface area contributed by atoms with Gasteiger partial charge in [0.2, 0.25) is 0 Å². The van der Waals surface area contributed by atoms with Crippen LogP contribution in [0, 0.1) is 0 Å². The van der Waals surface area contributed by atoms with E-state index in [1.807, 2.05) is 29.2 Å². The number of carbonyl (C=O) groups excluding carboxylic acids is 1. The van der Waals surface area contributed by atoms with E-state index in [1.54, 1.807) is 11.3 Å². The van der Waals surface area contributed by atoms with Crippen molar-refractivity contribution in [1.29, 1.82) is 0 Å². The van der Waals surface area contributed by atoms with Crippen molar-refractivity contribution >= 4 is 28.3 Å². The Morgan fingerprint density at radius 2 is 2.08 bits per heavy atom. The van der Waals surface area contributed by atoms with E-state index in [0.717, 1.165) is 54.0 Å². The van der Waals surface area contributed by atoms with Crippen molar-refractivity contribution in [2.24, 2.45) is 0 Å². The molecular formula is C20H21N3OS. The van der Waals surface area contributed by atoms with Crippen molar-refractivity contribution in [2.75, 3.05) is 6.54 Å². The summed E-state index contributed by atoms with van der Waals surface area (Å²) in [6.07, 6.45) is 6.68. The van der Waals surface area contributed by atoms with Crippen LogP contribution in [0.3, 0.4) is 0 Å². The molecule has 1 saturated heterocycles. The number of H-pyrrole nitrogens is 1. The maximum atomic E-state index is 13.3. The highest BCUT2D eigenvalue weighted by atomic mass is 32.1. The predicted octanol–water partition coefficient (Wildman–Crippen LogP) is 4.48. The molecular weight excluding hydrogens is 330 g/mol. The van der Waals surface area contributed by atoms with Gasteiger partial charge in [0.1, 0.15) is 5.82 Å². The van der Waals surface area contributed by atoms with Crippen LogP contribution in [0.1, 0.15) is 58.3 Å². The van der Waals surface area contributed by atoms with Crippen LogP contribution in [0.4, 0.5) is 0 Å². The molecule has 1 atom stereocenters. The van der Waals surface area contributed by atoms with E-state index >= 15 is 0 Å². The first-order valence-electron chi connectivity index (χ1n) is 9.16. The van der Waals surface area contributed by atoms with Crippen molar-refractivity contribution in [3.63, 3.8) is 0 Å². The summed E-state index contributed by atoms with van der Waals surface area (Å²) < 4.78 is 0. The summed E-state index contributed by atoms with van der Waals surface area (Å²) in [7, 11) is 0. The minimum atomic E-state index is 0.0706. The lowest BCUT2D eigenvalue weighted by Crippen LogP contribution is -2.31. The Kier molecular flexibility index (Phi) is 3.63. The van der Waals surface area contributed by atoms with Crippen LogP contribution in [0.2, 0.25) is 0 Å². The molecule has 4 nitrogen and oxygen atoms in total. The van der Waals surface area contributed by atoms with Crippen molar-refractivity contribution < 1.29 is 4.79 Å². The van der Waals surface area contributed by atoms with Gasteiger partial charge in [0.25, 0.3) is 5.91 Å². The molecule has 0 bridgehead atoms. The molecule has 2 aromatic heterocycles. The van der Waals surface area contributed by atoms with Crippen LogP contribution < -0.4 is 0 Å². The minimum Gasteiger partial charge on any atom is -0.340 e. The smallest absolute Gasteiger partial charge is 0.264 e. The Bertz CT molecular complexity index is 908. The fourth-order valence-electron chi connectivity index (χ4n) is 4.25. The summed E-state index contributed by atoms with van der Waals surface area (Å²) in [4.78, 5) is 24.5. The first-order valence-corrected chi connectivity index (χ1v) is 10.0. The van der Waals surface area contributed by atoms with Gasteiger partial charge in [-0.25, -0.2) is 4.98 Å². The first kappa shape index (κ1) is 15.1. The molecule has 1 aliphatic carbocycles. The second-order valence-corrected chi connectivity index (χ2v) is 7.95. The standard InChI is InChI=1S/C20H21N3OS/c24-20(18-14-7-2-1-6-13(14)12-25-18)23-11-5-10-17(23)19-21-15-8-3-4-9-16(15)22-19/h3-4,8-9,12,17H,1-2,5-7,10-11H2,(H,21,22)/t17-/m1/s1. The summed E-state index contributed by atoms with van der Waals surface area (Å²) in [6, 6.07) is 8.15. The highest BCUT2D eigenvalue weighted by Gasteiger charge is 2.34. The molecule has 3 heterocycles. The molecule has 1 N–H and O–H groups in total. The van der Waals surface area contributed by atoms with Crippen LogP contribution in [0.5, 0.6) is 0 Å². The molecule has 1 fully saturated rings. The zero-order valence-corrected chi connectivity index (χ0v) is 14.9. The topological polar surface area (TPSA) is 49.0 Å². The number of rotatable bonds is 2. The summed E-state index contributed by atoms with van der Waals surface area (Å²) in [5, 5.41) is 2.20. The Morgan fingerprint density at radius 1 is 1.20 bits per heavy atom. The maximum Gasteiger partial charge on any atom is 0.264 e. The molecule has 128 valence electrons. The van der Waals surface area contributed by atoms with Gasteiger partial charge in [-0.05, 0) is 67.2 Å². The second-order valence-electron chi connectivity index (χ2n) is 7.07. The summed E-state index contributed by atoms with van der Waals surface area (Å²) >= 11 is 1.64. The molecule has 3 aromatic rings. The normalized spacial score (nSPS) is 20.2. The van der Waals surface area contributed by atoms with Gasteiger partial charge in [-0.15, -0.1) is 11.3 Å². The van der Waals surface area contributed by atoms with E-state index < -0.39 is 0 Å². The molecule has 0 radical (unpaired) electrons. The molecule has 5 rings (SSSR count). The Hall–Kier alpha value is -2.14.